The Morgan fingerprint density at radius 1 is 1.10 bits per heavy atom. The van der Waals surface area contributed by atoms with E-state index in [2.05, 4.69) is 33.4 Å². The Labute approximate surface area is 226 Å². The van der Waals surface area contributed by atoms with Gasteiger partial charge < -0.3 is 15.2 Å². The minimum absolute atomic E-state index is 0.00993. The van der Waals surface area contributed by atoms with Crippen LogP contribution in [0.5, 0.6) is 0 Å². The number of aromatic nitrogens is 1. The van der Waals surface area contributed by atoms with E-state index in [-0.39, 0.29) is 28.9 Å². The Kier molecular flexibility index (Phi) is 8.73. The Balaban J connectivity index is 1.52. The quantitative estimate of drug-likeness (QED) is 0.304. The summed E-state index contributed by atoms with van der Waals surface area (Å²) in [7, 11) is -3.30. The standard InChI is InChI=1S/C28H30F3N5O2S/c1-2-39(37,38)24-10-8-21(9-11-24)33-15-4-5-23-19-25-26(34-22-12-16-35(17-13-22)18-14-32)6-3-7-27(25)36(23)20-28(29,30)31/h3,6-11,19,22,33-34H,2,12-13,15-18,20H2,1H3. The summed E-state index contributed by atoms with van der Waals surface area (Å²) in [6, 6.07) is 15.6. The van der Waals surface area contributed by atoms with Crippen molar-refractivity contribution in [2.75, 3.05) is 42.6 Å². The molecule has 7 nitrogen and oxygen atoms in total. The molecule has 2 aromatic carbocycles. The average Bonchev–Trinajstić information content (AvgIpc) is 3.25. The number of rotatable bonds is 8. The monoisotopic (exact) mass is 557 g/mol. The van der Waals surface area contributed by atoms with Crippen LogP contribution in [0.15, 0.2) is 53.4 Å². The van der Waals surface area contributed by atoms with Crippen LogP contribution in [0.25, 0.3) is 10.9 Å². The Hall–Kier alpha value is -3.67. The van der Waals surface area contributed by atoms with Gasteiger partial charge >= 0.3 is 6.18 Å². The van der Waals surface area contributed by atoms with E-state index < -0.39 is 22.6 Å². The molecule has 0 atom stereocenters. The first kappa shape index (κ1) is 28.3. The normalized spacial score (nSPS) is 14.9. The van der Waals surface area contributed by atoms with Crippen LogP contribution >= 0.6 is 0 Å². The van der Waals surface area contributed by atoms with E-state index in [1.165, 1.54) is 16.7 Å². The van der Waals surface area contributed by atoms with Gasteiger partial charge in [0.15, 0.2) is 9.84 Å². The molecule has 3 aromatic rings. The highest BCUT2D eigenvalue weighted by molar-refractivity contribution is 7.91. The number of sulfone groups is 1. The summed E-state index contributed by atoms with van der Waals surface area (Å²) in [5, 5.41) is 16.1. The summed E-state index contributed by atoms with van der Waals surface area (Å²) in [6.07, 6.45) is -2.74. The molecule has 0 bridgehead atoms. The summed E-state index contributed by atoms with van der Waals surface area (Å²) >= 11 is 0. The van der Waals surface area contributed by atoms with E-state index in [4.69, 9.17) is 5.26 Å². The number of likely N-dealkylation sites (tertiary alicyclic amines) is 1. The third-order valence-electron chi connectivity index (χ3n) is 6.72. The lowest BCUT2D eigenvalue weighted by Crippen LogP contribution is -2.39. The molecule has 0 unspecified atom stereocenters. The van der Waals surface area contributed by atoms with Crippen molar-refractivity contribution in [1.29, 1.82) is 5.26 Å². The topological polar surface area (TPSA) is 90.2 Å². The first-order valence-electron chi connectivity index (χ1n) is 12.7. The highest BCUT2D eigenvalue weighted by Crippen LogP contribution is 2.31. The summed E-state index contributed by atoms with van der Waals surface area (Å²) in [5.41, 5.74) is 2.12. The predicted molar refractivity (Wildman–Crippen MR) is 146 cm³/mol. The zero-order valence-electron chi connectivity index (χ0n) is 21.6. The molecule has 11 heteroatoms. The van der Waals surface area contributed by atoms with Crippen LogP contribution in [0.4, 0.5) is 24.5 Å². The number of alkyl halides is 3. The molecular formula is C28H30F3N5O2S. The molecule has 0 saturated carbocycles. The second-order valence-electron chi connectivity index (χ2n) is 9.41. The van der Waals surface area contributed by atoms with E-state index in [0.29, 0.717) is 23.1 Å². The molecule has 1 saturated heterocycles. The number of nitriles is 1. The van der Waals surface area contributed by atoms with Crippen molar-refractivity contribution in [3.63, 3.8) is 0 Å². The smallest absolute Gasteiger partial charge is 0.382 e. The van der Waals surface area contributed by atoms with Crippen LogP contribution in [0, 0.1) is 23.2 Å². The first-order valence-corrected chi connectivity index (χ1v) is 14.4. The second-order valence-corrected chi connectivity index (χ2v) is 11.7. The largest absolute Gasteiger partial charge is 0.406 e. The maximum absolute atomic E-state index is 13.5. The van der Waals surface area contributed by atoms with Gasteiger partial charge in [-0.15, -0.1) is 0 Å². The van der Waals surface area contributed by atoms with E-state index in [1.54, 1.807) is 37.3 Å². The molecule has 4 rings (SSSR count). The van der Waals surface area contributed by atoms with E-state index in [1.807, 2.05) is 6.07 Å². The molecule has 0 radical (unpaired) electrons. The summed E-state index contributed by atoms with van der Waals surface area (Å²) in [5.74, 6) is 5.78. The molecule has 1 aliphatic heterocycles. The lowest BCUT2D eigenvalue weighted by Gasteiger charge is -2.31. The number of nitrogens with one attached hydrogen (secondary N) is 2. The minimum Gasteiger partial charge on any atom is -0.382 e. The molecule has 0 amide bonds. The van der Waals surface area contributed by atoms with E-state index >= 15 is 0 Å². The van der Waals surface area contributed by atoms with Crippen molar-refractivity contribution in [3.05, 3.63) is 54.2 Å². The average molecular weight is 558 g/mol. The maximum atomic E-state index is 13.5. The van der Waals surface area contributed by atoms with Crippen molar-refractivity contribution in [1.82, 2.24) is 9.47 Å². The lowest BCUT2D eigenvalue weighted by atomic mass is 10.0. The van der Waals surface area contributed by atoms with Gasteiger partial charge in [0.2, 0.25) is 0 Å². The fraction of sp³-hybridized carbons (Fsp3) is 0.393. The first-order chi connectivity index (χ1) is 18.6. The summed E-state index contributed by atoms with van der Waals surface area (Å²) < 4.78 is 65.6. The fourth-order valence-electron chi connectivity index (χ4n) is 4.65. The third-order valence-corrected chi connectivity index (χ3v) is 8.47. The highest BCUT2D eigenvalue weighted by atomic mass is 32.2. The van der Waals surface area contributed by atoms with Crippen molar-refractivity contribution >= 4 is 32.1 Å². The molecule has 206 valence electrons. The zero-order chi connectivity index (χ0) is 28.0. The Morgan fingerprint density at radius 3 is 2.46 bits per heavy atom. The number of fused-ring (bicyclic) bond motifs is 1. The molecule has 39 heavy (non-hydrogen) atoms. The Morgan fingerprint density at radius 2 is 1.82 bits per heavy atom. The second kappa shape index (κ2) is 12.0. The molecule has 2 heterocycles. The van der Waals surface area contributed by atoms with Crippen LogP contribution in [-0.4, -0.2) is 62.0 Å². The van der Waals surface area contributed by atoms with Gasteiger partial charge in [-0.1, -0.05) is 18.9 Å². The molecule has 1 aliphatic rings. The van der Waals surface area contributed by atoms with Crippen molar-refractivity contribution in [2.24, 2.45) is 0 Å². The zero-order valence-corrected chi connectivity index (χ0v) is 22.4. The van der Waals surface area contributed by atoms with Gasteiger partial charge in [0, 0.05) is 35.9 Å². The van der Waals surface area contributed by atoms with Crippen molar-refractivity contribution in [3.8, 4) is 17.9 Å². The summed E-state index contributed by atoms with van der Waals surface area (Å²) in [4.78, 5) is 2.32. The molecule has 2 N–H and O–H groups in total. The van der Waals surface area contributed by atoms with E-state index in [0.717, 1.165) is 31.6 Å². The van der Waals surface area contributed by atoms with Gasteiger partial charge in [0.25, 0.3) is 0 Å². The van der Waals surface area contributed by atoms with E-state index in [9.17, 15) is 21.6 Å². The number of hydrogen-bond acceptors (Lipinski definition) is 6. The van der Waals surface area contributed by atoms with Gasteiger partial charge in [0.05, 0.1) is 41.0 Å². The van der Waals surface area contributed by atoms with Crippen LogP contribution < -0.4 is 10.6 Å². The fourth-order valence-corrected chi connectivity index (χ4v) is 5.53. The third kappa shape index (κ3) is 7.25. The highest BCUT2D eigenvalue weighted by Gasteiger charge is 2.30. The van der Waals surface area contributed by atoms with Crippen molar-refractivity contribution in [2.45, 2.75) is 43.4 Å². The predicted octanol–water partition coefficient (Wildman–Crippen LogP) is 4.86. The SMILES string of the molecule is CCS(=O)(=O)c1ccc(NCC#Cc2cc3c(NC4CCN(CC#N)CC4)cccc3n2CC(F)(F)F)cc1. The van der Waals surface area contributed by atoms with Gasteiger partial charge in [-0.25, -0.2) is 8.42 Å². The van der Waals surface area contributed by atoms with Crippen LogP contribution in [0.3, 0.4) is 0 Å². The van der Waals surface area contributed by atoms with Crippen molar-refractivity contribution < 1.29 is 21.6 Å². The number of anilines is 2. The molecule has 0 aliphatic carbocycles. The number of nitrogens with zero attached hydrogens (tertiary/aromatic N) is 3. The van der Waals surface area contributed by atoms with Gasteiger partial charge in [-0.3, -0.25) is 4.90 Å². The van der Waals surface area contributed by atoms with Gasteiger partial charge in [0.1, 0.15) is 6.54 Å². The lowest BCUT2D eigenvalue weighted by molar-refractivity contribution is -0.140. The molecule has 1 aromatic heterocycles. The van der Waals surface area contributed by atoms with Gasteiger partial charge in [-0.2, -0.15) is 18.4 Å². The van der Waals surface area contributed by atoms with Crippen LogP contribution in [0.1, 0.15) is 25.5 Å². The van der Waals surface area contributed by atoms with Crippen LogP contribution in [-0.2, 0) is 16.4 Å². The number of piperidine rings is 1. The maximum Gasteiger partial charge on any atom is 0.406 e. The molecule has 0 spiro atoms. The Bertz CT molecular complexity index is 1510. The molecule has 1 fully saturated rings. The molecular weight excluding hydrogens is 527 g/mol. The number of benzene rings is 2. The van der Waals surface area contributed by atoms with Gasteiger partial charge in [-0.05, 0) is 61.2 Å². The van der Waals surface area contributed by atoms with Crippen LogP contribution in [0.2, 0.25) is 0 Å². The summed E-state index contributed by atoms with van der Waals surface area (Å²) in [6.45, 7) is 2.56. The number of hydrogen-bond donors (Lipinski definition) is 2. The number of halogens is 3. The minimum atomic E-state index is -4.42.